The van der Waals surface area contributed by atoms with E-state index in [1.165, 1.54) is 12.1 Å². The normalized spacial score (nSPS) is 10.8. The molecule has 0 amide bonds. The van der Waals surface area contributed by atoms with Gasteiger partial charge >= 0.3 is 0 Å². The predicted octanol–water partition coefficient (Wildman–Crippen LogP) is 3.77. The van der Waals surface area contributed by atoms with Gasteiger partial charge in [0, 0.05) is 10.9 Å². The standard InChI is InChI=1S/C14H9FN/c15-13-5-3-10(4-6-13)12-2-1-11-7-8-16-14(11)9-12/h1-7,9,16H. The third-order valence-corrected chi connectivity index (χ3v) is 2.67. The van der Waals surface area contributed by atoms with Crippen LogP contribution in [0, 0.1) is 12.0 Å². The number of rotatable bonds is 1. The molecule has 16 heavy (non-hydrogen) atoms. The molecular weight excluding hydrogens is 201 g/mol. The van der Waals surface area contributed by atoms with Crippen LogP contribution in [-0.2, 0) is 0 Å². The van der Waals surface area contributed by atoms with Crippen LogP contribution in [0.15, 0.2) is 48.5 Å². The molecule has 0 aliphatic carbocycles. The zero-order valence-corrected chi connectivity index (χ0v) is 8.50. The van der Waals surface area contributed by atoms with Crippen molar-refractivity contribution < 1.29 is 4.39 Å². The number of nitrogens with one attached hydrogen (secondary N) is 1. The minimum atomic E-state index is -0.210. The smallest absolute Gasteiger partial charge is 0.123 e. The van der Waals surface area contributed by atoms with Gasteiger partial charge in [-0.05, 0) is 35.4 Å². The lowest BCUT2D eigenvalue weighted by Crippen LogP contribution is -1.79. The molecule has 1 heterocycles. The molecule has 0 saturated carbocycles. The number of aromatic amines is 1. The van der Waals surface area contributed by atoms with E-state index in [2.05, 4.69) is 11.2 Å². The second kappa shape index (κ2) is 3.49. The van der Waals surface area contributed by atoms with Gasteiger partial charge in [-0.3, -0.25) is 0 Å². The molecule has 0 bridgehead atoms. The number of benzene rings is 2. The third kappa shape index (κ3) is 1.48. The van der Waals surface area contributed by atoms with Crippen molar-refractivity contribution in [2.45, 2.75) is 0 Å². The van der Waals surface area contributed by atoms with E-state index in [0.717, 1.165) is 22.0 Å². The molecule has 0 atom stereocenters. The van der Waals surface area contributed by atoms with E-state index in [-0.39, 0.29) is 5.82 Å². The Morgan fingerprint density at radius 2 is 1.69 bits per heavy atom. The van der Waals surface area contributed by atoms with Crippen molar-refractivity contribution >= 4 is 10.9 Å². The van der Waals surface area contributed by atoms with E-state index < -0.39 is 0 Å². The molecule has 0 fully saturated rings. The largest absolute Gasteiger partial charge is 0.353 e. The number of hydrogen-bond acceptors (Lipinski definition) is 0. The fourth-order valence-electron chi connectivity index (χ4n) is 1.80. The van der Waals surface area contributed by atoms with Gasteiger partial charge in [-0.2, -0.15) is 0 Å². The van der Waals surface area contributed by atoms with Gasteiger partial charge in [0.2, 0.25) is 0 Å². The van der Waals surface area contributed by atoms with Crippen LogP contribution in [0.3, 0.4) is 0 Å². The topological polar surface area (TPSA) is 15.8 Å². The number of hydrogen-bond donors (Lipinski definition) is 1. The Morgan fingerprint density at radius 3 is 2.50 bits per heavy atom. The molecule has 1 N–H and O–H groups in total. The summed E-state index contributed by atoms with van der Waals surface area (Å²) in [7, 11) is 0. The summed E-state index contributed by atoms with van der Waals surface area (Å²) in [5.41, 5.74) is 3.13. The highest BCUT2D eigenvalue weighted by atomic mass is 19.1. The Balaban J connectivity index is 2.14. The Morgan fingerprint density at radius 1 is 0.938 bits per heavy atom. The van der Waals surface area contributed by atoms with Gasteiger partial charge in [0.15, 0.2) is 0 Å². The number of fused-ring (bicyclic) bond motifs is 1. The quantitative estimate of drug-likeness (QED) is 0.629. The van der Waals surface area contributed by atoms with Gasteiger partial charge in [0.05, 0.1) is 6.20 Å². The van der Waals surface area contributed by atoms with Gasteiger partial charge < -0.3 is 4.98 Å². The highest BCUT2D eigenvalue weighted by molar-refractivity contribution is 5.84. The van der Waals surface area contributed by atoms with Crippen LogP contribution in [-0.4, -0.2) is 4.98 Å². The lowest BCUT2D eigenvalue weighted by molar-refractivity contribution is 0.628. The van der Waals surface area contributed by atoms with Gasteiger partial charge in [-0.25, -0.2) is 4.39 Å². The Kier molecular flexibility index (Phi) is 2.00. The highest BCUT2D eigenvalue weighted by Gasteiger charge is 2.00. The van der Waals surface area contributed by atoms with Crippen molar-refractivity contribution in [2.24, 2.45) is 0 Å². The zero-order chi connectivity index (χ0) is 11.0. The second-order valence-corrected chi connectivity index (χ2v) is 3.72. The molecule has 1 aromatic heterocycles. The van der Waals surface area contributed by atoms with E-state index >= 15 is 0 Å². The Hall–Kier alpha value is -2.09. The molecule has 0 spiro atoms. The lowest BCUT2D eigenvalue weighted by Gasteiger charge is -2.01. The Bertz CT molecular complexity index is 623. The average Bonchev–Trinajstić information content (AvgIpc) is 2.77. The molecule has 3 aromatic rings. The third-order valence-electron chi connectivity index (χ3n) is 2.67. The summed E-state index contributed by atoms with van der Waals surface area (Å²) in [4.78, 5) is 3.04. The van der Waals surface area contributed by atoms with Crippen LogP contribution in [0.1, 0.15) is 0 Å². The maximum absolute atomic E-state index is 12.8. The molecule has 0 unspecified atom stereocenters. The molecule has 0 aliphatic rings. The zero-order valence-electron chi connectivity index (χ0n) is 8.50. The van der Waals surface area contributed by atoms with Crippen molar-refractivity contribution in [1.29, 1.82) is 0 Å². The molecule has 2 aromatic carbocycles. The lowest BCUT2D eigenvalue weighted by atomic mass is 10.0. The van der Waals surface area contributed by atoms with E-state index in [4.69, 9.17) is 0 Å². The predicted molar refractivity (Wildman–Crippen MR) is 62.5 cm³/mol. The summed E-state index contributed by atoms with van der Waals surface area (Å²) in [6.45, 7) is 0. The summed E-state index contributed by atoms with van der Waals surface area (Å²) < 4.78 is 12.8. The van der Waals surface area contributed by atoms with E-state index in [0.29, 0.717) is 0 Å². The second-order valence-electron chi connectivity index (χ2n) is 3.72. The van der Waals surface area contributed by atoms with Crippen molar-refractivity contribution in [3.63, 3.8) is 0 Å². The molecule has 0 saturated heterocycles. The van der Waals surface area contributed by atoms with Gasteiger partial charge in [0.1, 0.15) is 5.82 Å². The van der Waals surface area contributed by atoms with Gasteiger partial charge in [-0.15, -0.1) is 0 Å². The van der Waals surface area contributed by atoms with E-state index in [1.54, 1.807) is 12.1 Å². The van der Waals surface area contributed by atoms with E-state index in [1.807, 2.05) is 24.3 Å². The van der Waals surface area contributed by atoms with Crippen molar-refractivity contribution in [2.75, 3.05) is 0 Å². The maximum Gasteiger partial charge on any atom is 0.123 e. The molecule has 0 aliphatic heterocycles. The maximum atomic E-state index is 12.8. The summed E-state index contributed by atoms with van der Waals surface area (Å²) >= 11 is 0. The van der Waals surface area contributed by atoms with Crippen LogP contribution in [0.4, 0.5) is 4.39 Å². The minimum Gasteiger partial charge on any atom is -0.353 e. The molecule has 2 heteroatoms. The van der Waals surface area contributed by atoms with Crippen LogP contribution in [0.5, 0.6) is 0 Å². The van der Waals surface area contributed by atoms with Crippen LogP contribution < -0.4 is 0 Å². The first-order valence-electron chi connectivity index (χ1n) is 5.08. The van der Waals surface area contributed by atoms with Crippen molar-refractivity contribution in [3.05, 3.63) is 60.5 Å². The summed E-state index contributed by atoms with van der Waals surface area (Å²) in [6.07, 6.45) is 2.94. The van der Waals surface area contributed by atoms with E-state index in [9.17, 15) is 4.39 Å². The van der Waals surface area contributed by atoms with Crippen molar-refractivity contribution in [1.82, 2.24) is 4.98 Å². The van der Waals surface area contributed by atoms with Gasteiger partial charge in [0.25, 0.3) is 0 Å². The Labute approximate surface area is 92.5 Å². The van der Waals surface area contributed by atoms with Gasteiger partial charge in [-0.1, -0.05) is 24.3 Å². The minimum absolute atomic E-state index is 0.210. The first-order chi connectivity index (χ1) is 7.83. The fourth-order valence-corrected chi connectivity index (χ4v) is 1.80. The SMILES string of the molecule is Fc1ccc(-c2ccc3c[c][nH]c3c2)cc1. The van der Waals surface area contributed by atoms with Crippen molar-refractivity contribution in [3.8, 4) is 11.1 Å². The monoisotopic (exact) mass is 210 g/mol. The summed E-state index contributed by atoms with van der Waals surface area (Å²) in [6, 6.07) is 14.5. The first-order valence-corrected chi connectivity index (χ1v) is 5.08. The number of halogens is 1. The summed E-state index contributed by atoms with van der Waals surface area (Å²) in [5.74, 6) is -0.210. The van der Waals surface area contributed by atoms with Crippen LogP contribution in [0.2, 0.25) is 0 Å². The molecular formula is C14H9FN. The molecule has 77 valence electrons. The fraction of sp³-hybridized carbons (Fsp3) is 0. The summed E-state index contributed by atoms with van der Waals surface area (Å²) in [5, 5.41) is 1.13. The number of H-pyrrole nitrogens is 1. The first kappa shape index (κ1) is 9.16. The average molecular weight is 210 g/mol. The molecule has 1 nitrogen and oxygen atoms in total. The van der Waals surface area contributed by atoms with Crippen LogP contribution in [0.25, 0.3) is 22.0 Å². The number of aromatic nitrogens is 1. The molecule has 1 radical (unpaired) electrons. The van der Waals surface area contributed by atoms with Crippen LogP contribution >= 0.6 is 0 Å². The molecule has 3 rings (SSSR count). The highest BCUT2D eigenvalue weighted by Crippen LogP contribution is 2.23.